The maximum atomic E-state index is 5.42. The number of amidine groups is 1. The standard InChI is InChI=1S/C12H22N2OS/c1-3-4-10(2)13-11-14-12(9-16-11)5-7-15-8-6-12/h10H,3-9H2,1-2H3,(H,13,14). The molecule has 2 aliphatic rings. The number of thioether (sulfide) groups is 1. The summed E-state index contributed by atoms with van der Waals surface area (Å²) in [5.74, 6) is 1.16. The third-order valence-corrected chi connectivity index (χ3v) is 4.53. The van der Waals surface area contributed by atoms with Crippen LogP contribution < -0.4 is 5.32 Å². The Morgan fingerprint density at radius 3 is 2.94 bits per heavy atom. The number of nitrogens with zero attached hydrogens (tertiary/aromatic N) is 1. The first-order valence-corrected chi connectivity index (χ1v) is 7.29. The third kappa shape index (κ3) is 2.92. The lowest BCUT2D eigenvalue weighted by molar-refractivity contribution is 0.0555. The Morgan fingerprint density at radius 2 is 2.25 bits per heavy atom. The minimum Gasteiger partial charge on any atom is -0.381 e. The zero-order chi connectivity index (χ0) is 11.4. The molecule has 92 valence electrons. The zero-order valence-corrected chi connectivity index (χ0v) is 11.1. The van der Waals surface area contributed by atoms with E-state index >= 15 is 0 Å². The van der Waals surface area contributed by atoms with Crippen LogP contribution in [0.15, 0.2) is 4.99 Å². The van der Waals surface area contributed by atoms with Crippen molar-refractivity contribution in [2.24, 2.45) is 4.99 Å². The van der Waals surface area contributed by atoms with E-state index in [4.69, 9.17) is 9.73 Å². The molecule has 2 rings (SSSR count). The first-order valence-electron chi connectivity index (χ1n) is 6.31. The van der Waals surface area contributed by atoms with Gasteiger partial charge in [-0.1, -0.05) is 25.1 Å². The summed E-state index contributed by atoms with van der Waals surface area (Å²) in [5.41, 5.74) is 0.285. The summed E-state index contributed by atoms with van der Waals surface area (Å²) in [6, 6.07) is 0.454. The second-order valence-corrected chi connectivity index (χ2v) is 5.84. The summed E-state index contributed by atoms with van der Waals surface area (Å²) in [5, 5.41) is 4.78. The van der Waals surface area contributed by atoms with Crippen molar-refractivity contribution in [1.82, 2.24) is 5.32 Å². The number of ether oxygens (including phenoxy) is 1. The number of hydrogen-bond donors (Lipinski definition) is 1. The molecule has 0 aliphatic carbocycles. The van der Waals surface area contributed by atoms with Gasteiger partial charge in [0.2, 0.25) is 0 Å². The summed E-state index contributed by atoms with van der Waals surface area (Å²) in [7, 11) is 0. The summed E-state index contributed by atoms with van der Waals surface area (Å²) in [4.78, 5) is 4.74. The second kappa shape index (κ2) is 5.41. The van der Waals surface area contributed by atoms with Gasteiger partial charge in [-0.2, -0.15) is 0 Å². The number of nitrogens with one attached hydrogen (secondary N) is 1. The summed E-state index contributed by atoms with van der Waals surface area (Å²) in [6.45, 7) is 6.20. The largest absolute Gasteiger partial charge is 0.381 e. The van der Waals surface area contributed by atoms with Crippen molar-refractivity contribution in [1.29, 1.82) is 0 Å². The van der Waals surface area contributed by atoms with Crippen LogP contribution in [0.4, 0.5) is 0 Å². The van der Waals surface area contributed by atoms with Crippen LogP contribution in [0.5, 0.6) is 0 Å². The van der Waals surface area contributed by atoms with Crippen LogP contribution in [0.3, 0.4) is 0 Å². The van der Waals surface area contributed by atoms with Crippen LogP contribution in [-0.4, -0.2) is 35.7 Å². The molecule has 2 fully saturated rings. The molecular formula is C12H22N2OS. The molecular weight excluding hydrogens is 220 g/mol. The van der Waals surface area contributed by atoms with E-state index in [1.807, 2.05) is 11.8 Å². The van der Waals surface area contributed by atoms with Gasteiger partial charge in [-0.15, -0.1) is 0 Å². The molecule has 0 aromatic carbocycles. The Labute approximate surface area is 102 Å². The van der Waals surface area contributed by atoms with Gasteiger partial charge in [-0.25, -0.2) is 0 Å². The Morgan fingerprint density at radius 1 is 1.50 bits per heavy atom. The highest BCUT2D eigenvalue weighted by Gasteiger charge is 2.38. The molecule has 1 atom stereocenters. The van der Waals surface area contributed by atoms with E-state index in [1.54, 1.807) is 0 Å². The summed E-state index contributed by atoms with van der Waals surface area (Å²) in [6.07, 6.45) is 4.64. The highest BCUT2D eigenvalue weighted by molar-refractivity contribution is 8.14. The lowest BCUT2D eigenvalue weighted by Crippen LogP contribution is -2.48. The lowest BCUT2D eigenvalue weighted by Gasteiger charge is -2.32. The van der Waals surface area contributed by atoms with Crippen molar-refractivity contribution in [2.45, 2.75) is 51.1 Å². The van der Waals surface area contributed by atoms with Gasteiger partial charge in [0.1, 0.15) is 0 Å². The lowest BCUT2D eigenvalue weighted by atomic mass is 9.93. The highest BCUT2D eigenvalue weighted by atomic mass is 32.2. The van der Waals surface area contributed by atoms with Crippen molar-refractivity contribution >= 4 is 16.9 Å². The van der Waals surface area contributed by atoms with E-state index in [0.717, 1.165) is 37.0 Å². The van der Waals surface area contributed by atoms with Gasteiger partial charge in [-0.3, -0.25) is 4.99 Å². The van der Waals surface area contributed by atoms with E-state index < -0.39 is 0 Å². The van der Waals surface area contributed by atoms with E-state index in [0.29, 0.717) is 6.04 Å². The maximum Gasteiger partial charge on any atom is 0.157 e. The minimum atomic E-state index is 0.285. The molecule has 16 heavy (non-hydrogen) atoms. The zero-order valence-electron chi connectivity index (χ0n) is 10.3. The van der Waals surface area contributed by atoms with Gasteiger partial charge >= 0.3 is 0 Å². The van der Waals surface area contributed by atoms with Crippen LogP contribution in [-0.2, 0) is 4.74 Å². The smallest absolute Gasteiger partial charge is 0.157 e. The van der Waals surface area contributed by atoms with Crippen LogP contribution in [0, 0.1) is 0 Å². The molecule has 2 heterocycles. The SMILES string of the molecule is CCCC(C)N=C1NC2(CCOCC2)CS1. The van der Waals surface area contributed by atoms with Gasteiger partial charge in [-0.05, 0) is 26.2 Å². The fourth-order valence-electron chi connectivity index (χ4n) is 2.29. The van der Waals surface area contributed by atoms with E-state index in [1.165, 1.54) is 12.8 Å². The molecule has 2 aliphatic heterocycles. The maximum absolute atomic E-state index is 5.42. The fourth-order valence-corrected chi connectivity index (χ4v) is 3.61. The van der Waals surface area contributed by atoms with Crippen LogP contribution in [0.1, 0.15) is 39.5 Å². The summed E-state index contributed by atoms with van der Waals surface area (Å²) >= 11 is 1.89. The average molecular weight is 242 g/mol. The third-order valence-electron chi connectivity index (χ3n) is 3.35. The molecule has 2 saturated heterocycles. The molecule has 0 aromatic heterocycles. The molecule has 1 N–H and O–H groups in total. The van der Waals surface area contributed by atoms with Crippen molar-refractivity contribution < 1.29 is 4.74 Å². The van der Waals surface area contributed by atoms with E-state index in [-0.39, 0.29) is 5.54 Å². The predicted molar refractivity (Wildman–Crippen MR) is 70.2 cm³/mol. The van der Waals surface area contributed by atoms with Gasteiger partial charge in [0.05, 0.1) is 5.54 Å². The van der Waals surface area contributed by atoms with Crippen LogP contribution >= 0.6 is 11.8 Å². The van der Waals surface area contributed by atoms with Gasteiger partial charge < -0.3 is 10.1 Å². The first-order chi connectivity index (χ1) is 7.74. The first kappa shape index (κ1) is 12.2. The fraction of sp³-hybridized carbons (Fsp3) is 0.917. The Hall–Kier alpha value is -0.220. The van der Waals surface area contributed by atoms with Crippen molar-refractivity contribution in [3.63, 3.8) is 0 Å². The van der Waals surface area contributed by atoms with Crippen LogP contribution in [0.2, 0.25) is 0 Å². The Bertz CT molecular complexity index is 262. The number of rotatable bonds is 3. The molecule has 1 unspecified atom stereocenters. The Kier molecular flexibility index (Phi) is 4.14. The molecule has 0 amide bonds. The van der Waals surface area contributed by atoms with Crippen molar-refractivity contribution in [3.05, 3.63) is 0 Å². The predicted octanol–water partition coefficient (Wildman–Crippen LogP) is 2.42. The van der Waals surface area contributed by atoms with Gasteiger partial charge in [0, 0.05) is 25.0 Å². The van der Waals surface area contributed by atoms with E-state index in [9.17, 15) is 0 Å². The average Bonchev–Trinajstić information content (AvgIpc) is 2.63. The topological polar surface area (TPSA) is 33.6 Å². The molecule has 1 spiro atoms. The van der Waals surface area contributed by atoms with Crippen LogP contribution in [0.25, 0.3) is 0 Å². The minimum absolute atomic E-state index is 0.285. The Balaban J connectivity index is 1.91. The number of hydrogen-bond acceptors (Lipinski definition) is 3. The van der Waals surface area contributed by atoms with Gasteiger partial charge in [0.25, 0.3) is 0 Å². The number of aliphatic imine (C=N–C) groups is 1. The molecule has 0 bridgehead atoms. The molecule has 4 heteroatoms. The molecule has 0 aromatic rings. The van der Waals surface area contributed by atoms with Crippen molar-refractivity contribution in [3.8, 4) is 0 Å². The quantitative estimate of drug-likeness (QED) is 0.825. The molecule has 3 nitrogen and oxygen atoms in total. The van der Waals surface area contributed by atoms with Crippen molar-refractivity contribution in [2.75, 3.05) is 19.0 Å². The normalized spacial score (nSPS) is 28.2. The second-order valence-electron chi connectivity index (χ2n) is 4.88. The molecule has 0 radical (unpaired) electrons. The molecule has 0 saturated carbocycles. The van der Waals surface area contributed by atoms with Gasteiger partial charge in [0.15, 0.2) is 5.17 Å². The summed E-state index contributed by atoms with van der Waals surface area (Å²) < 4.78 is 5.42. The van der Waals surface area contributed by atoms with E-state index in [2.05, 4.69) is 19.2 Å². The highest BCUT2D eigenvalue weighted by Crippen LogP contribution is 2.32. The monoisotopic (exact) mass is 242 g/mol.